The maximum atomic E-state index is 13.4. The Morgan fingerprint density at radius 2 is 0.514 bits per heavy atom. The third-order valence-corrected chi connectivity index (χ3v) is 15.0. The van der Waals surface area contributed by atoms with Crippen LogP contribution >= 0.6 is 0 Å². The van der Waals surface area contributed by atoms with Crippen molar-refractivity contribution >= 4 is 17.7 Å². The molecule has 7 aromatic heterocycles. The van der Waals surface area contributed by atoms with Crippen LogP contribution in [0.15, 0.2) is 317 Å². The minimum atomic E-state index is -0.335. The van der Waals surface area contributed by atoms with Gasteiger partial charge in [0.2, 0.25) is 0 Å². The van der Waals surface area contributed by atoms with E-state index in [0.29, 0.717) is 39.9 Å². The van der Waals surface area contributed by atoms with Crippen LogP contribution in [-0.2, 0) is 0 Å². The molecule has 3 amide bonds. The summed E-state index contributed by atoms with van der Waals surface area (Å²) in [6.07, 6.45) is 18.3. The van der Waals surface area contributed by atoms with Crippen molar-refractivity contribution in [2.45, 2.75) is 48.5 Å². The van der Waals surface area contributed by atoms with Crippen molar-refractivity contribution in [1.29, 1.82) is 0 Å². The highest BCUT2D eigenvalue weighted by Crippen LogP contribution is 2.28. The van der Waals surface area contributed by atoms with Crippen LogP contribution in [0.2, 0.25) is 0 Å². The molecule has 14 aromatic rings. The number of benzene rings is 7. The van der Waals surface area contributed by atoms with Gasteiger partial charge in [-0.05, 0) is 216 Å². The van der Waals surface area contributed by atoms with Crippen molar-refractivity contribution < 1.29 is 51.9 Å². The van der Waals surface area contributed by atoms with E-state index in [0.717, 1.165) is 63.1 Å². The summed E-state index contributed by atoms with van der Waals surface area (Å²) in [5.41, 5.74) is 8.58. The number of halogens is 1. The highest BCUT2D eigenvalue weighted by molar-refractivity contribution is 5.93. The number of carbonyl (C=O) groups excluding carboxylic acids is 3. The van der Waals surface area contributed by atoms with Crippen molar-refractivity contribution in [2.75, 3.05) is 21.1 Å². The maximum Gasteiger partial charge on any atom is 0.269 e. The second kappa shape index (κ2) is 44.5. The van der Waals surface area contributed by atoms with E-state index < -0.39 is 0 Å². The molecule has 14 rings (SSSR count). The van der Waals surface area contributed by atoms with Crippen LogP contribution in [-0.4, -0.2) is 73.8 Å². The first-order chi connectivity index (χ1) is 53.8. The average Bonchev–Trinajstić information content (AvgIpc) is 0.881. The van der Waals surface area contributed by atoms with E-state index in [9.17, 15) is 18.8 Å². The maximum absolute atomic E-state index is 13.4. The minimum absolute atomic E-state index is 0.232. The molecule has 562 valence electrons. The van der Waals surface area contributed by atoms with E-state index in [1.54, 1.807) is 125 Å². The predicted octanol–water partition coefficient (Wildman–Crippen LogP) is 20.5. The van der Waals surface area contributed by atoms with Crippen LogP contribution in [0.1, 0.15) is 70.4 Å². The van der Waals surface area contributed by atoms with E-state index in [2.05, 4.69) is 57.8 Å². The van der Waals surface area contributed by atoms with E-state index in [1.165, 1.54) is 53.2 Å². The Kier molecular flexibility index (Phi) is 32.9. The summed E-state index contributed by atoms with van der Waals surface area (Å²) < 4.78 is 52.6. The molecular weight excluding hydrogens is 1400 g/mol. The Morgan fingerprint density at radius 1 is 0.252 bits per heavy atom. The normalized spacial score (nSPS) is 9.86. The summed E-state index contributed by atoms with van der Waals surface area (Å²) in [6, 6.07) is 76.4. The van der Waals surface area contributed by atoms with Crippen molar-refractivity contribution in [1.82, 2.24) is 50.8 Å². The Balaban J connectivity index is 0.000000163. The van der Waals surface area contributed by atoms with Crippen LogP contribution in [0.4, 0.5) is 4.39 Å². The van der Waals surface area contributed by atoms with Gasteiger partial charge in [-0.3, -0.25) is 49.3 Å². The van der Waals surface area contributed by atoms with E-state index in [4.69, 9.17) is 33.2 Å². The molecule has 7 aromatic carbocycles. The fraction of sp³-hybridized carbons (Fsp3) is 0.111. The molecule has 0 aliphatic rings. The quantitative estimate of drug-likeness (QED) is 0.0767. The molecule has 0 bridgehead atoms. The summed E-state index contributed by atoms with van der Waals surface area (Å²) in [6.45, 7) is 13.9. The number of ether oxygens (including phenoxy) is 7. The van der Waals surface area contributed by atoms with Gasteiger partial charge in [0.05, 0.1) is 12.4 Å². The zero-order valence-electron chi connectivity index (χ0n) is 63.1. The fourth-order valence-electron chi connectivity index (χ4n) is 9.25. The number of aromatic nitrogens is 7. The van der Waals surface area contributed by atoms with E-state index >= 15 is 0 Å². The number of amides is 3. The second-order valence-corrected chi connectivity index (χ2v) is 24.1. The number of hydrogen-bond acceptors (Lipinski definition) is 17. The molecule has 21 heteroatoms. The molecule has 3 N–H and O–H groups in total. The molecule has 0 atom stereocenters. The van der Waals surface area contributed by atoms with Crippen LogP contribution < -0.4 is 49.1 Å². The van der Waals surface area contributed by atoms with Gasteiger partial charge >= 0.3 is 0 Å². The van der Waals surface area contributed by atoms with Crippen molar-refractivity contribution in [3.8, 4) is 80.5 Å². The molecule has 0 aliphatic heterocycles. The molecule has 7 heterocycles. The van der Waals surface area contributed by atoms with E-state index in [-0.39, 0.29) is 29.2 Å². The van der Waals surface area contributed by atoms with Gasteiger partial charge in [0.15, 0.2) is 0 Å². The summed E-state index contributed by atoms with van der Waals surface area (Å²) in [4.78, 5) is 62.0. The lowest BCUT2D eigenvalue weighted by Crippen LogP contribution is -2.18. The summed E-state index contributed by atoms with van der Waals surface area (Å²) in [5.74, 6) is 8.88. The van der Waals surface area contributed by atoms with Crippen molar-refractivity contribution in [3.05, 3.63) is 379 Å². The number of pyridine rings is 7. The fourth-order valence-corrected chi connectivity index (χ4v) is 9.25. The third-order valence-electron chi connectivity index (χ3n) is 15.0. The molecule has 0 radical (unpaired) electrons. The highest BCUT2D eigenvalue weighted by atomic mass is 19.1. The lowest BCUT2D eigenvalue weighted by Gasteiger charge is -2.07. The first-order valence-electron chi connectivity index (χ1n) is 34.9. The summed E-state index contributed by atoms with van der Waals surface area (Å²) in [5, 5.41) is 7.52. The third kappa shape index (κ3) is 30.1. The molecule has 0 aliphatic carbocycles. The van der Waals surface area contributed by atoms with Gasteiger partial charge in [-0.2, -0.15) is 0 Å². The molecule has 0 saturated heterocycles. The Bertz CT molecular complexity index is 4990. The first-order valence-corrected chi connectivity index (χ1v) is 34.9. The summed E-state index contributed by atoms with van der Waals surface area (Å²) >= 11 is 0. The standard InChI is InChI=1S/C14H13FN2O2.2C14H14N2O2.4C12H11NO/c1-9-3-4-10(7-12(9)15)19-11-5-6-17-13(8-11)14(18)16-2;1-10-3-5-11(6-4-10)18-12-7-8-16-13(9-12)14(17)15-2;1-10-4-3-5-11(8-10)18-12-6-7-16-13(9-12)14(17)15-2;1-10-2-4-11(5-3-10)14-12-6-8-13-9-7-12;1-10-4-2-5-11(8-10)14-12-6-3-7-13-9-12;1-10-4-6-11(7-5-10)14-12-3-2-8-13-9-12;1-10-3-2-4-12(9-10)14-11-5-7-13-8-6-11/h3-8H,1-2H3,(H,16,18);2*3-9H,1-2H3,(H,15,17);4*2-9H,1H3. The monoisotopic (exact) mass is 1480 g/mol. The summed E-state index contributed by atoms with van der Waals surface area (Å²) in [7, 11) is 4.66. The topological polar surface area (TPSA) is 242 Å². The Morgan fingerprint density at radius 3 is 0.820 bits per heavy atom. The van der Waals surface area contributed by atoms with Gasteiger partial charge in [0.25, 0.3) is 17.7 Å². The SMILES string of the molecule is CNC(=O)c1cc(Oc2ccc(C)c(F)c2)ccn1.CNC(=O)c1cc(Oc2ccc(C)cc2)ccn1.CNC(=O)c1cc(Oc2cccc(C)c2)ccn1.Cc1ccc(Oc2cccnc2)cc1.Cc1ccc(Oc2ccncc2)cc1.Cc1cccc(Oc2cccnc2)c1.Cc1cccc(Oc2ccncc2)c1. The molecule has 0 saturated carbocycles. The van der Waals surface area contributed by atoms with Gasteiger partial charge in [-0.15, -0.1) is 0 Å². The molecular formula is C90H85FN10O10. The average molecular weight is 1490 g/mol. The Labute approximate surface area is 646 Å². The van der Waals surface area contributed by atoms with Crippen molar-refractivity contribution in [2.24, 2.45) is 0 Å². The number of rotatable bonds is 17. The highest BCUT2D eigenvalue weighted by Gasteiger charge is 2.11. The zero-order chi connectivity index (χ0) is 79.0. The van der Waals surface area contributed by atoms with Crippen LogP contribution in [0.3, 0.4) is 0 Å². The lowest BCUT2D eigenvalue weighted by molar-refractivity contribution is 0.0950. The second-order valence-electron chi connectivity index (χ2n) is 24.1. The number of nitrogens with zero attached hydrogens (tertiary/aromatic N) is 7. The Hall–Kier alpha value is -14.5. The molecule has 0 fully saturated rings. The molecule has 0 unspecified atom stereocenters. The van der Waals surface area contributed by atoms with Gasteiger partial charge in [-0.1, -0.05) is 95.6 Å². The largest absolute Gasteiger partial charge is 0.457 e. The number of aryl methyl sites for hydroxylation is 7. The number of carbonyl (C=O) groups is 3. The molecule has 0 spiro atoms. The van der Waals surface area contributed by atoms with Crippen LogP contribution in [0, 0.1) is 54.3 Å². The molecule has 111 heavy (non-hydrogen) atoms. The van der Waals surface area contributed by atoms with Gasteiger partial charge in [0.1, 0.15) is 103 Å². The van der Waals surface area contributed by atoms with E-state index in [1.807, 2.05) is 229 Å². The minimum Gasteiger partial charge on any atom is -0.457 e. The lowest BCUT2D eigenvalue weighted by atomic mass is 10.2. The first kappa shape index (κ1) is 82.2. The van der Waals surface area contributed by atoms with Crippen LogP contribution in [0.5, 0.6) is 80.5 Å². The number of nitrogens with one attached hydrogen (secondary N) is 3. The zero-order valence-corrected chi connectivity index (χ0v) is 63.1. The van der Waals surface area contributed by atoms with Crippen LogP contribution in [0.25, 0.3) is 0 Å². The van der Waals surface area contributed by atoms with Gasteiger partial charge in [-0.25, -0.2) is 4.39 Å². The van der Waals surface area contributed by atoms with Gasteiger partial charge in [0, 0.05) is 101 Å². The number of hydrogen-bond donors (Lipinski definition) is 3. The van der Waals surface area contributed by atoms with Crippen molar-refractivity contribution in [3.63, 3.8) is 0 Å². The predicted molar refractivity (Wildman–Crippen MR) is 429 cm³/mol. The molecule has 20 nitrogen and oxygen atoms in total. The smallest absolute Gasteiger partial charge is 0.269 e. The van der Waals surface area contributed by atoms with Gasteiger partial charge < -0.3 is 49.1 Å².